The number of amides is 2. The van der Waals surface area contributed by atoms with Crippen LogP contribution in [0.2, 0.25) is 5.02 Å². The summed E-state index contributed by atoms with van der Waals surface area (Å²) < 4.78 is 0. The molecule has 2 N–H and O–H groups in total. The van der Waals surface area contributed by atoms with Crippen molar-refractivity contribution in [2.75, 3.05) is 26.7 Å². The first-order valence-corrected chi connectivity index (χ1v) is 12.6. The Balaban J connectivity index is 1.45. The number of carbonyl (C=O) groups is 2. The third-order valence-electron chi connectivity index (χ3n) is 6.03. The molecule has 3 unspecified atom stereocenters. The van der Waals surface area contributed by atoms with Crippen LogP contribution < -0.4 is 10.6 Å². The molecule has 0 radical (unpaired) electrons. The van der Waals surface area contributed by atoms with E-state index in [2.05, 4.69) is 29.5 Å². The van der Waals surface area contributed by atoms with E-state index in [4.69, 9.17) is 11.6 Å². The highest BCUT2D eigenvalue weighted by Gasteiger charge is 2.39. The standard InChI is InChI=1S/C24H34ClN3O2S/c1-3-4-12-28(2)13-6-11-26-23(29)18-9-10-21-20(16-18)27-24(30)22(31-21)15-17-7-5-8-19(25)14-17/h5,7-8,14-15,18,20-21H,3-4,6,9-13,16H2,1-2H3,(H,26,29)(H,27,30)/b22-15+. The fraction of sp³-hybridized carbons (Fsp3) is 0.583. The quantitative estimate of drug-likeness (QED) is 0.423. The molecule has 0 bridgehead atoms. The molecule has 2 fully saturated rings. The van der Waals surface area contributed by atoms with E-state index >= 15 is 0 Å². The number of fused-ring (bicyclic) bond motifs is 1. The summed E-state index contributed by atoms with van der Waals surface area (Å²) in [5.74, 6) is 0.0648. The summed E-state index contributed by atoms with van der Waals surface area (Å²) >= 11 is 7.70. The number of carbonyl (C=O) groups excluding carboxylic acids is 2. The van der Waals surface area contributed by atoms with Crippen molar-refractivity contribution in [1.29, 1.82) is 0 Å². The van der Waals surface area contributed by atoms with Gasteiger partial charge in [0.25, 0.3) is 5.91 Å². The summed E-state index contributed by atoms with van der Waals surface area (Å²) in [5.41, 5.74) is 0.928. The Morgan fingerprint density at radius 2 is 2.13 bits per heavy atom. The van der Waals surface area contributed by atoms with Crippen LogP contribution in [0.4, 0.5) is 0 Å². The zero-order chi connectivity index (χ0) is 22.2. The minimum Gasteiger partial charge on any atom is -0.356 e. The maximum Gasteiger partial charge on any atom is 0.257 e. The molecule has 170 valence electrons. The maximum absolute atomic E-state index is 12.6. The van der Waals surface area contributed by atoms with Crippen LogP contribution in [0.1, 0.15) is 51.0 Å². The van der Waals surface area contributed by atoms with Gasteiger partial charge >= 0.3 is 0 Å². The molecular formula is C24H34ClN3O2S. The monoisotopic (exact) mass is 463 g/mol. The van der Waals surface area contributed by atoms with Crippen LogP contribution >= 0.6 is 23.4 Å². The van der Waals surface area contributed by atoms with E-state index in [0.717, 1.165) is 49.2 Å². The van der Waals surface area contributed by atoms with Crippen molar-refractivity contribution in [3.63, 3.8) is 0 Å². The summed E-state index contributed by atoms with van der Waals surface area (Å²) in [6.07, 6.45) is 7.81. The number of nitrogens with zero attached hydrogens (tertiary/aromatic N) is 1. The second-order valence-corrected chi connectivity index (χ2v) is 10.3. The van der Waals surface area contributed by atoms with Crippen molar-refractivity contribution < 1.29 is 9.59 Å². The van der Waals surface area contributed by atoms with E-state index in [9.17, 15) is 9.59 Å². The zero-order valence-electron chi connectivity index (χ0n) is 18.5. The molecule has 1 saturated heterocycles. The second-order valence-electron chi connectivity index (χ2n) is 8.61. The lowest BCUT2D eigenvalue weighted by Crippen LogP contribution is -2.51. The Hall–Kier alpha value is -1.50. The lowest BCUT2D eigenvalue weighted by molar-refractivity contribution is -0.127. The molecule has 31 heavy (non-hydrogen) atoms. The molecule has 5 nitrogen and oxygen atoms in total. The number of hydrogen-bond acceptors (Lipinski definition) is 4. The Kier molecular flexibility index (Phi) is 9.30. The molecule has 1 aromatic rings. The molecule has 2 amide bonds. The first-order valence-electron chi connectivity index (χ1n) is 11.4. The number of rotatable bonds is 9. The van der Waals surface area contributed by atoms with Gasteiger partial charge in [-0.05, 0) is 76.0 Å². The fourth-order valence-electron chi connectivity index (χ4n) is 4.22. The molecule has 0 aromatic heterocycles. The van der Waals surface area contributed by atoms with Crippen molar-refractivity contribution >= 4 is 41.3 Å². The summed E-state index contributed by atoms with van der Waals surface area (Å²) in [5, 5.41) is 7.23. The van der Waals surface area contributed by atoms with Crippen LogP contribution in [0.3, 0.4) is 0 Å². The van der Waals surface area contributed by atoms with E-state index in [1.165, 1.54) is 12.8 Å². The normalized spacial score (nSPS) is 24.7. The number of hydrogen-bond donors (Lipinski definition) is 2. The minimum absolute atomic E-state index is 0.0153. The average Bonchev–Trinajstić information content (AvgIpc) is 2.75. The first-order chi connectivity index (χ1) is 15.0. The van der Waals surface area contributed by atoms with Crippen LogP contribution in [0.25, 0.3) is 6.08 Å². The van der Waals surface area contributed by atoms with Crippen molar-refractivity contribution in [2.45, 2.75) is 56.7 Å². The predicted octanol–water partition coefficient (Wildman–Crippen LogP) is 4.32. The van der Waals surface area contributed by atoms with Gasteiger partial charge in [-0.25, -0.2) is 0 Å². The number of thioether (sulfide) groups is 1. The molecule has 1 aromatic carbocycles. The van der Waals surface area contributed by atoms with Gasteiger partial charge in [-0.1, -0.05) is 37.1 Å². The van der Waals surface area contributed by atoms with E-state index in [0.29, 0.717) is 16.8 Å². The van der Waals surface area contributed by atoms with Crippen LogP contribution in [0.15, 0.2) is 29.2 Å². The zero-order valence-corrected chi connectivity index (χ0v) is 20.1. The average molecular weight is 464 g/mol. The van der Waals surface area contributed by atoms with Gasteiger partial charge in [0.1, 0.15) is 0 Å². The number of benzene rings is 1. The largest absolute Gasteiger partial charge is 0.356 e. The molecule has 1 heterocycles. The lowest BCUT2D eigenvalue weighted by atomic mass is 9.84. The Morgan fingerprint density at radius 1 is 1.32 bits per heavy atom. The van der Waals surface area contributed by atoms with E-state index < -0.39 is 0 Å². The second kappa shape index (κ2) is 11.9. The molecule has 2 aliphatic rings. The highest BCUT2D eigenvalue weighted by atomic mass is 35.5. The summed E-state index contributed by atoms with van der Waals surface area (Å²) in [4.78, 5) is 28.3. The molecule has 0 spiro atoms. The highest BCUT2D eigenvalue weighted by molar-refractivity contribution is 8.04. The van der Waals surface area contributed by atoms with Gasteiger partial charge < -0.3 is 15.5 Å². The van der Waals surface area contributed by atoms with Gasteiger partial charge in [-0.3, -0.25) is 9.59 Å². The van der Waals surface area contributed by atoms with Gasteiger partial charge in [-0.15, -0.1) is 11.8 Å². The predicted molar refractivity (Wildman–Crippen MR) is 130 cm³/mol. The molecule has 3 rings (SSSR count). The SMILES string of the molecule is CCCCN(C)CCCNC(=O)C1CCC2S/C(=C/c3cccc(Cl)c3)C(=O)NC2C1. The molecule has 7 heteroatoms. The van der Waals surface area contributed by atoms with E-state index in [1.807, 2.05) is 30.3 Å². The van der Waals surface area contributed by atoms with Crippen molar-refractivity contribution in [3.8, 4) is 0 Å². The molecule has 1 saturated carbocycles. The maximum atomic E-state index is 12.6. The molecular weight excluding hydrogens is 430 g/mol. The van der Waals surface area contributed by atoms with Gasteiger partial charge in [0.05, 0.1) is 4.91 Å². The topological polar surface area (TPSA) is 61.4 Å². The minimum atomic E-state index is -0.0533. The Morgan fingerprint density at radius 3 is 2.90 bits per heavy atom. The number of unbranched alkanes of at least 4 members (excludes halogenated alkanes) is 1. The van der Waals surface area contributed by atoms with Crippen LogP contribution in [0.5, 0.6) is 0 Å². The molecule has 1 aliphatic heterocycles. The van der Waals surface area contributed by atoms with Gasteiger partial charge in [0.2, 0.25) is 5.91 Å². The van der Waals surface area contributed by atoms with E-state index in [1.54, 1.807) is 11.8 Å². The summed E-state index contributed by atoms with van der Waals surface area (Å²) in [6, 6.07) is 7.57. The highest BCUT2D eigenvalue weighted by Crippen LogP contribution is 2.40. The first kappa shape index (κ1) is 24.1. The van der Waals surface area contributed by atoms with Crippen molar-refractivity contribution in [3.05, 3.63) is 39.8 Å². The van der Waals surface area contributed by atoms with E-state index in [-0.39, 0.29) is 23.8 Å². The van der Waals surface area contributed by atoms with Crippen LogP contribution in [-0.4, -0.2) is 54.7 Å². The Bertz CT molecular complexity index is 801. The summed E-state index contributed by atoms with van der Waals surface area (Å²) in [6.45, 7) is 5.03. The van der Waals surface area contributed by atoms with Gasteiger partial charge in [-0.2, -0.15) is 0 Å². The van der Waals surface area contributed by atoms with Crippen molar-refractivity contribution in [2.24, 2.45) is 5.92 Å². The van der Waals surface area contributed by atoms with Crippen molar-refractivity contribution in [1.82, 2.24) is 15.5 Å². The lowest BCUT2D eigenvalue weighted by Gasteiger charge is -2.39. The Labute approximate surface area is 195 Å². The van der Waals surface area contributed by atoms with Gasteiger partial charge in [0.15, 0.2) is 0 Å². The van der Waals surface area contributed by atoms with Crippen LogP contribution in [0, 0.1) is 5.92 Å². The molecule has 3 atom stereocenters. The van der Waals surface area contributed by atoms with Gasteiger partial charge in [0, 0.05) is 28.8 Å². The fourth-order valence-corrected chi connectivity index (χ4v) is 5.71. The smallest absolute Gasteiger partial charge is 0.257 e. The molecule has 1 aliphatic carbocycles. The number of nitrogens with one attached hydrogen (secondary N) is 2. The number of halogens is 1. The third-order valence-corrected chi connectivity index (χ3v) is 7.69. The summed E-state index contributed by atoms with van der Waals surface area (Å²) in [7, 11) is 2.14. The van der Waals surface area contributed by atoms with Crippen LogP contribution in [-0.2, 0) is 9.59 Å². The third kappa shape index (κ3) is 7.26.